The number of hydrogen-bond donors (Lipinski definition) is 0. The molecule has 0 saturated heterocycles. The molecule has 0 aliphatic carbocycles. The summed E-state index contributed by atoms with van der Waals surface area (Å²) >= 11 is 3.45. The number of benzene rings is 3. The molecule has 1 amide bonds. The first kappa shape index (κ1) is 25.8. The molecule has 186 valence electrons. The van der Waals surface area contributed by atoms with E-state index in [1.165, 1.54) is 5.56 Å². The van der Waals surface area contributed by atoms with E-state index in [-0.39, 0.29) is 23.4 Å². The van der Waals surface area contributed by atoms with Crippen LogP contribution in [0, 0.1) is 5.92 Å². The molecule has 1 unspecified atom stereocenters. The Balaban J connectivity index is 1.94. The van der Waals surface area contributed by atoms with Gasteiger partial charge in [-0.15, -0.1) is 0 Å². The van der Waals surface area contributed by atoms with Gasteiger partial charge in [-0.2, -0.15) is 0 Å². The minimum atomic E-state index is -0.383. The van der Waals surface area contributed by atoms with Gasteiger partial charge in [0.1, 0.15) is 5.82 Å². The molecule has 4 aromatic rings. The molecule has 0 fully saturated rings. The Morgan fingerprint density at radius 1 is 0.972 bits per heavy atom. The molecule has 1 aromatic heterocycles. The highest BCUT2D eigenvalue weighted by Gasteiger charge is 2.30. The number of amides is 1. The van der Waals surface area contributed by atoms with Crippen molar-refractivity contribution in [2.45, 2.75) is 46.6 Å². The molecule has 36 heavy (non-hydrogen) atoms. The molecule has 5 nitrogen and oxygen atoms in total. The topological polar surface area (TPSA) is 55.2 Å². The Morgan fingerprint density at radius 3 is 2.25 bits per heavy atom. The van der Waals surface area contributed by atoms with Gasteiger partial charge < -0.3 is 4.90 Å². The summed E-state index contributed by atoms with van der Waals surface area (Å²) in [6.45, 7) is 8.89. The number of rotatable bonds is 8. The third-order valence-corrected chi connectivity index (χ3v) is 6.91. The molecule has 0 saturated carbocycles. The second-order valence-electron chi connectivity index (χ2n) is 9.43. The first-order valence-corrected chi connectivity index (χ1v) is 13.3. The van der Waals surface area contributed by atoms with Crippen LogP contribution in [-0.2, 0) is 6.42 Å². The quantitative estimate of drug-likeness (QED) is 0.240. The fourth-order valence-electron chi connectivity index (χ4n) is 4.55. The van der Waals surface area contributed by atoms with E-state index in [2.05, 4.69) is 36.7 Å². The number of halogens is 1. The van der Waals surface area contributed by atoms with Crippen molar-refractivity contribution in [3.8, 4) is 5.69 Å². The van der Waals surface area contributed by atoms with Crippen LogP contribution in [0.4, 0.5) is 0 Å². The maximum Gasteiger partial charge on any atom is 0.266 e. The Bertz CT molecular complexity index is 1410. The summed E-state index contributed by atoms with van der Waals surface area (Å²) in [5.41, 5.74) is 3.07. The highest BCUT2D eigenvalue weighted by molar-refractivity contribution is 9.10. The normalized spacial score (nSPS) is 12.2. The zero-order valence-electron chi connectivity index (χ0n) is 21.2. The summed E-state index contributed by atoms with van der Waals surface area (Å²) < 4.78 is 2.61. The van der Waals surface area contributed by atoms with Crippen LogP contribution in [0.25, 0.3) is 16.6 Å². The molecule has 0 aliphatic rings. The average Bonchev–Trinajstić information content (AvgIpc) is 2.89. The largest absolute Gasteiger partial charge is 0.328 e. The van der Waals surface area contributed by atoms with Crippen LogP contribution in [0.5, 0.6) is 0 Å². The van der Waals surface area contributed by atoms with Crippen molar-refractivity contribution in [1.82, 2.24) is 14.5 Å². The van der Waals surface area contributed by atoms with Gasteiger partial charge in [0.15, 0.2) is 0 Å². The summed E-state index contributed by atoms with van der Waals surface area (Å²) in [6.07, 6.45) is 1.53. The first-order chi connectivity index (χ1) is 17.3. The van der Waals surface area contributed by atoms with E-state index in [4.69, 9.17) is 4.98 Å². The number of carbonyl (C=O) groups excluding carboxylic acids is 1. The molecule has 1 heterocycles. The number of aryl methyl sites for hydroxylation is 1. The van der Waals surface area contributed by atoms with E-state index >= 15 is 0 Å². The summed E-state index contributed by atoms with van der Waals surface area (Å²) in [7, 11) is 0. The summed E-state index contributed by atoms with van der Waals surface area (Å²) in [6, 6.07) is 22.5. The third-order valence-electron chi connectivity index (χ3n) is 6.38. The van der Waals surface area contributed by atoms with Crippen LogP contribution >= 0.6 is 15.9 Å². The monoisotopic (exact) mass is 545 g/mol. The van der Waals surface area contributed by atoms with Gasteiger partial charge >= 0.3 is 0 Å². The lowest BCUT2D eigenvalue weighted by Crippen LogP contribution is -2.40. The second kappa shape index (κ2) is 11.2. The van der Waals surface area contributed by atoms with E-state index < -0.39 is 0 Å². The maximum absolute atomic E-state index is 13.9. The average molecular weight is 547 g/mol. The third kappa shape index (κ3) is 5.29. The van der Waals surface area contributed by atoms with E-state index in [1.54, 1.807) is 4.57 Å². The van der Waals surface area contributed by atoms with Crippen LogP contribution in [-0.4, -0.2) is 26.9 Å². The number of hydrogen-bond acceptors (Lipinski definition) is 3. The van der Waals surface area contributed by atoms with Crippen LogP contribution in [0.3, 0.4) is 0 Å². The number of fused-ring (bicyclic) bond motifs is 1. The molecular formula is C30H32BrN3O2. The number of nitrogens with zero attached hydrogens (tertiary/aromatic N) is 3. The molecule has 3 aromatic carbocycles. The van der Waals surface area contributed by atoms with E-state index in [0.29, 0.717) is 35.3 Å². The second-order valence-corrected chi connectivity index (χ2v) is 10.3. The van der Waals surface area contributed by atoms with Crippen LogP contribution in [0.2, 0.25) is 0 Å². The van der Waals surface area contributed by atoms with Gasteiger partial charge in [0.2, 0.25) is 0 Å². The predicted octanol–water partition coefficient (Wildman–Crippen LogP) is 6.96. The molecule has 0 radical (unpaired) electrons. The summed E-state index contributed by atoms with van der Waals surface area (Å²) in [4.78, 5) is 34.6. The molecule has 1 atom stereocenters. The van der Waals surface area contributed by atoms with Crippen LogP contribution in [0.15, 0.2) is 82.1 Å². The fraction of sp³-hybridized carbons (Fsp3) is 0.300. The molecule has 0 N–H and O–H groups in total. The molecule has 6 heteroatoms. The summed E-state index contributed by atoms with van der Waals surface area (Å²) in [5.74, 6) is 0.748. The van der Waals surface area contributed by atoms with Gasteiger partial charge in [0.25, 0.3) is 11.5 Å². The van der Waals surface area contributed by atoms with E-state index in [0.717, 1.165) is 16.6 Å². The van der Waals surface area contributed by atoms with E-state index in [9.17, 15) is 9.59 Å². The maximum atomic E-state index is 13.9. The van der Waals surface area contributed by atoms with Gasteiger partial charge in [-0.1, -0.05) is 67.9 Å². The molecule has 0 aliphatic heterocycles. The van der Waals surface area contributed by atoms with Crippen LogP contribution in [0.1, 0.15) is 61.9 Å². The fourth-order valence-corrected chi connectivity index (χ4v) is 4.81. The van der Waals surface area contributed by atoms with Crippen molar-refractivity contribution in [3.05, 3.63) is 105 Å². The lowest BCUT2D eigenvalue weighted by molar-refractivity contribution is 0.0631. The molecule has 4 rings (SSSR count). The Labute approximate surface area is 220 Å². The standard InChI is InChI=1S/C30H32BrN3O2/c1-5-21-11-17-24(18-12-21)34-28(32-26-10-8-7-9-25(26)30(34)36)27(6-2)33(19-20(3)4)29(35)22-13-15-23(31)16-14-22/h7-18,20,27H,5-6,19H2,1-4H3. The molecule has 0 spiro atoms. The minimum Gasteiger partial charge on any atom is -0.328 e. The van der Waals surface area contributed by atoms with Crippen molar-refractivity contribution in [2.75, 3.05) is 6.54 Å². The number of carbonyl (C=O) groups is 1. The highest BCUT2D eigenvalue weighted by atomic mass is 79.9. The molecule has 0 bridgehead atoms. The van der Waals surface area contributed by atoms with Gasteiger partial charge in [-0.05, 0) is 72.9 Å². The Morgan fingerprint density at radius 2 is 1.64 bits per heavy atom. The van der Waals surface area contributed by atoms with Gasteiger partial charge in [-0.3, -0.25) is 14.2 Å². The smallest absolute Gasteiger partial charge is 0.266 e. The SMILES string of the molecule is CCc1ccc(-n2c(C(CC)N(CC(C)C)C(=O)c3ccc(Br)cc3)nc3ccccc3c2=O)cc1. The van der Waals surface area contributed by atoms with Crippen molar-refractivity contribution < 1.29 is 4.79 Å². The Hall–Kier alpha value is -3.25. The van der Waals surface area contributed by atoms with Crippen molar-refractivity contribution in [1.29, 1.82) is 0 Å². The zero-order chi connectivity index (χ0) is 25.8. The molecular weight excluding hydrogens is 514 g/mol. The first-order valence-electron chi connectivity index (χ1n) is 12.5. The van der Waals surface area contributed by atoms with Crippen molar-refractivity contribution >= 4 is 32.7 Å². The van der Waals surface area contributed by atoms with Crippen molar-refractivity contribution in [3.63, 3.8) is 0 Å². The van der Waals surface area contributed by atoms with Gasteiger partial charge in [0.05, 0.1) is 22.6 Å². The number of aromatic nitrogens is 2. The van der Waals surface area contributed by atoms with Crippen LogP contribution < -0.4 is 5.56 Å². The minimum absolute atomic E-state index is 0.0710. The lowest BCUT2D eigenvalue weighted by atomic mass is 10.0. The predicted molar refractivity (Wildman–Crippen MR) is 150 cm³/mol. The highest BCUT2D eigenvalue weighted by Crippen LogP contribution is 2.29. The lowest BCUT2D eigenvalue weighted by Gasteiger charge is -2.33. The van der Waals surface area contributed by atoms with E-state index in [1.807, 2.05) is 84.6 Å². The van der Waals surface area contributed by atoms with Gasteiger partial charge in [-0.25, -0.2) is 4.98 Å². The number of para-hydroxylation sites is 1. The van der Waals surface area contributed by atoms with Crippen molar-refractivity contribution in [2.24, 2.45) is 5.92 Å². The summed E-state index contributed by atoms with van der Waals surface area (Å²) in [5, 5.41) is 0.560. The Kier molecular flexibility index (Phi) is 8.04. The zero-order valence-corrected chi connectivity index (χ0v) is 22.8. The van der Waals surface area contributed by atoms with Gasteiger partial charge in [0, 0.05) is 16.6 Å².